The van der Waals surface area contributed by atoms with E-state index in [9.17, 15) is 19.2 Å². The minimum absolute atomic E-state index is 0.00592. The second kappa shape index (κ2) is 12.2. The number of benzene rings is 7. The molecule has 4 heterocycles. The molecule has 0 spiro atoms. The van der Waals surface area contributed by atoms with Crippen molar-refractivity contribution in [3.8, 4) is 22.3 Å². The third kappa shape index (κ3) is 5.00. The van der Waals surface area contributed by atoms with Crippen LogP contribution in [0.5, 0.6) is 0 Å². The lowest BCUT2D eigenvalue weighted by atomic mass is 9.86. The average Bonchev–Trinajstić information content (AvgIpc) is 3.24. The molecular formula is C54H40N2O4. The van der Waals surface area contributed by atoms with Crippen LogP contribution >= 0.6 is 0 Å². The maximum absolute atomic E-state index is 14.5. The Labute approximate surface area is 343 Å². The molecule has 4 aromatic heterocycles. The van der Waals surface area contributed by atoms with Crippen LogP contribution in [0.4, 0.5) is 0 Å². The number of rotatable bonds is 2. The Kier molecular flexibility index (Phi) is 7.30. The Hall–Kier alpha value is -7.18. The molecule has 0 aliphatic heterocycles. The molecule has 0 unspecified atom stereocenters. The van der Waals surface area contributed by atoms with Crippen molar-refractivity contribution in [3.05, 3.63) is 185 Å². The summed E-state index contributed by atoms with van der Waals surface area (Å²) >= 11 is 0. The van der Waals surface area contributed by atoms with E-state index in [-0.39, 0.29) is 32.5 Å². The molecule has 0 radical (unpaired) electrons. The normalized spacial score (nSPS) is 12.8. The van der Waals surface area contributed by atoms with Gasteiger partial charge in [-0.05, 0) is 105 Å². The van der Waals surface area contributed by atoms with Crippen molar-refractivity contribution in [1.82, 2.24) is 8.80 Å². The van der Waals surface area contributed by atoms with E-state index in [0.717, 1.165) is 22.3 Å². The maximum atomic E-state index is 14.5. The zero-order valence-electron chi connectivity index (χ0n) is 34.2. The summed E-state index contributed by atoms with van der Waals surface area (Å²) in [5.74, 6) is 0. The molecule has 0 saturated carbocycles. The van der Waals surface area contributed by atoms with E-state index >= 15 is 0 Å². The Balaban J connectivity index is 1.25. The lowest BCUT2D eigenvalue weighted by Gasteiger charge is -2.19. The standard InChI is InChI=1S/C54H40N2O4/c1-53(2,3)33-19-13-29(14-20-33)31-17-23-43-39(25-31)49(57)35-9-7-11-37-47(35)55(43)45-28-46-42(27-41(45)51(37)59)52(60)38-12-8-10-36-48(38)56(46)44-24-18-32(26-40(44)50(36)58)30-15-21-34(22-16-30)54(4,5)6/h7-28H,1-6H3. The Morgan fingerprint density at radius 2 is 0.633 bits per heavy atom. The minimum Gasteiger partial charge on any atom is -0.307 e. The lowest BCUT2D eigenvalue weighted by Crippen LogP contribution is -2.16. The fraction of sp³-hybridized carbons (Fsp3) is 0.148. The van der Waals surface area contributed by atoms with Gasteiger partial charge in [-0.1, -0.05) is 114 Å². The monoisotopic (exact) mass is 780 g/mol. The lowest BCUT2D eigenvalue weighted by molar-refractivity contribution is 0.590. The van der Waals surface area contributed by atoms with Gasteiger partial charge in [0.25, 0.3) is 0 Å². The molecule has 0 aliphatic carbocycles. The van der Waals surface area contributed by atoms with Crippen LogP contribution in [0.25, 0.3) is 98.4 Å². The summed E-state index contributed by atoms with van der Waals surface area (Å²) in [4.78, 5) is 57.9. The topological polar surface area (TPSA) is 77.1 Å². The largest absolute Gasteiger partial charge is 0.307 e. The first-order chi connectivity index (χ1) is 28.7. The molecule has 0 atom stereocenters. The van der Waals surface area contributed by atoms with Crippen LogP contribution in [0.15, 0.2) is 153 Å². The molecule has 0 amide bonds. The summed E-state index contributed by atoms with van der Waals surface area (Å²) in [7, 11) is 0. The summed E-state index contributed by atoms with van der Waals surface area (Å²) in [6.07, 6.45) is 0. The summed E-state index contributed by atoms with van der Waals surface area (Å²) in [5.41, 5.74) is 8.98. The number of hydrogen-bond acceptors (Lipinski definition) is 4. The van der Waals surface area contributed by atoms with E-state index in [0.29, 0.717) is 76.2 Å². The van der Waals surface area contributed by atoms with Gasteiger partial charge >= 0.3 is 0 Å². The Morgan fingerprint density at radius 3 is 0.967 bits per heavy atom. The molecule has 11 rings (SSSR count). The third-order valence-electron chi connectivity index (χ3n) is 12.7. The molecule has 290 valence electrons. The predicted octanol–water partition coefficient (Wildman–Crippen LogP) is 11.4. The van der Waals surface area contributed by atoms with Crippen LogP contribution < -0.4 is 21.7 Å². The van der Waals surface area contributed by atoms with Gasteiger partial charge in [0.15, 0.2) is 21.7 Å². The first-order valence-electron chi connectivity index (χ1n) is 20.4. The zero-order valence-corrected chi connectivity index (χ0v) is 34.2. The SMILES string of the molecule is CC(C)(C)c1ccc(-c2ccc3c(c2)c(=O)c2cccc4c(=O)c5cc6c(=O)c7cccc8c(=O)c9cc(-c%10ccc(C(C)(C)C)cc%10)ccc9n(c6cc5n3c24)c87)cc1. The van der Waals surface area contributed by atoms with Crippen molar-refractivity contribution in [3.63, 3.8) is 0 Å². The van der Waals surface area contributed by atoms with Crippen LogP contribution in [-0.2, 0) is 10.8 Å². The van der Waals surface area contributed by atoms with Crippen LogP contribution in [0.1, 0.15) is 52.7 Å². The highest BCUT2D eigenvalue weighted by Gasteiger charge is 2.23. The predicted molar refractivity (Wildman–Crippen MR) is 249 cm³/mol. The summed E-state index contributed by atoms with van der Waals surface area (Å²) < 4.78 is 4.02. The average molecular weight is 781 g/mol. The summed E-state index contributed by atoms with van der Waals surface area (Å²) in [5, 5.41) is 3.49. The van der Waals surface area contributed by atoms with E-state index in [4.69, 9.17) is 0 Å². The Morgan fingerprint density at radius 1 is 0.317 bits per heavy atom. The van der Waals surface area contributed by atoms with Crippen molar-refractivity contribution in [1.29, 1.82) is 0 Å². The molecule has 60 heavy (non-hydrogen) atoms. The number of nitrogens with zero attached hydrogens (tertiary/aromatic N) is 2. The van der Waals surface area contributed by atoms with Gasteiger partial charge in [0.1, 0.15) is 0 Å². The van der Waals surface area contributed by atoms with Gasteiger partial charge in [0.05, 0.1) is 33.1 Å². The van der Waals surface area contributed by atoms with Gasteiger partial charge in [0, 0.05) is 43.1 Å². The number of para-hydroxylation sites is 2. The fourth-order valence-electron chi connectivity index (χ4n) is 9.44. The molecule has 0 bridgehead atoms. The van der Waals surface area contributed by atoms with Gasteiger partial charge in [0.2, 0.25) is 0 Å². The van der Waals surface area contributed by atoms with E-state index in [1.54, 1.807) is 42.5 Å². The molecule has 0 saturated heterocycles. The minimum atomic E-state index is -0.253. The molecule has 6 heteroatoms. The van der Waals surface area contributed by atoms with Crippen molar-refractivity contribution in [2.75, 3.05) is 0 Å². The highest BCUT2D eigenvalue weighted by molar-refractivity contribution is 6.13. The highest BCUT2D eigenvalue weighted by atomic mass is 16.1. The zero-order chi connectivity index (χ0) is 41.6. The number of pyridine rings is 4. The van der Waals surface area contributed by atoms with E-state index in [2.05, 4.69) is 90.1 Å². The van der Waals surface area contributed by atoms with Gasteiger partial charge in [-0.3, -0.25) is 19.2 Å². The fourth-order valence-corrected chi connectivity index (χ4v) is 9.44. The van der Waals surface area contributed by atoms with Crippen LogP contribution in [0, 0.1) is 0 Å². The van der Waals surface area contributed by atoms with Crippen molar-refractivity contribution >= 4 is 76.2 Å². The molecule has 0 aliphatic rings. The first-order valence-corrected chi connectivity index (χ1v) is 20.4. The number of hydrogen-bond donors (Lipinski definition) is 0. The van der Waals surface area contributed by atoms with Crippen LogP contribution in [-0.4, -0.2) is 8.80 Å². The van der Waals surface area contributed by atoms with Crippen LogP contribution in [0.3, 0.4) is 0 Å². The Bertz CT molecular complexity index is 3650. The van der Waals surface area contributed by atoms with Gasteiger partial charge in [-0.2, -0.15) is 0 Å². The molecule has 0 N–H and O–H groups in total. The highest BCUT2D eigenvalue weighted by Crippen LogP contribution is 2.35. The van der Waals surface area contributed by atoms with Gasteiger partial charge in [-0.15, -0.1) is 0 Å². The van der Waals surface area contributed by atoms with E-state index in [1.165, 1.54) is 11.1 Å². The van der Waals surface area contributed by atoms with Crippen molar-refractivity contribution < 1.29 is 0 Å². The molecule has 11 aromatic rings. The second-order valence-corrected chi connectivity index (χ2v) is 18.4. The van der Waals surface area contributed by atoms with Crippen molar-refractivity contribution in [2.45, 2.75) is 52.4 Å². The summed E-state index contributed by atoms with van der Waals surface area (Å²) in [6.45, 7) is 13.1. The number of aromatic nitrogens is 2. The maximum Gasteiger partial charge on any atom is 0.197 e. The second-order valence-electron chi connectivity index (χ2n) is 18.4. The van der Waals surface area contributed by atoms with Crippen LogP contribution in [0.2, 0.25) is 0 Å². The molecule has 6 nitrogen and oxygen atoms in total. The van der Waals surface area contributed by atoms with Gasteiger partial charge < -0.3 is 8.80 Å². The van der Waals surface area contributed by atoms with E-state index in [1.807, 2.05) is 51.3 Å². The number of fused-ring (bicyclic) bond motifs is 8. The molecule has 0 fully saturated rings. The van der Waals surface area contributed by atoms with Gasteiger partial charge in [-0.25, -0.2) is 0 Å². The quantitative estimate of drug-likeness (QED) is 0.129. The molecule has 7 aromatic carbocycles. The third-order valence-corrected chi connectivity index (χ3v) is 12.7. The van der Waals surface area contributed by atoms with E-state index < -0.39 is 0 Å². The smallest absolute Gasteiger partial charge is 0.197 e. The summed E-state index contributed by atoms with van der Waals surface area (Å²) in [6, 6.07) is 43.0. The van der Waals surface area contributed by atoms with Crippen molar-refractivity contribution in [2.24, 2.45) is 0 Å². The first kappa shape index (κ1) is 35.9. The molecular weight excluding hydrogens is 741 g/mol.